The Hall–Kier alpha value is -3.28. The largest absolute Gasteiger partial charge is 0.331 e. The fourth-order valence-electron chi connectivity index (χ4n) is 4.03. The first-order valence-corrected chi connectivity index (χ1v) is 9.90. The number of likely N-dealkylation sites (tertiary alicyclic amines) is 1. The number of aryl methyl sites for hydroxylation is 3. The third-order valence-electron chi connectivity index (χ3n) is 5.96. The normalized spacial score (nSPS) is 15.0. The summed E-state index contributed by atoms with van der Waals surface area (Å²) in [5, 5.41) is 6.98. The number of alkyl halides is 1. The number of hydrogen-bond acceptors (Lipinski definition) is 3. The maximum absolute atomic E-state index is 15.3. The molecule has 1 fully saturated rings. The van der Waals surface area contributed by atoms with E-state index in [0.717, 1.165) is 34.1 Å². The second-order valence-corrected chi connectivity index (χ2v) is 8.20. The molecule has 1 N–H and O–H groups in total. The number of amides is 1. The summed E-state index contributed by atoms with van der Waals surface area (Å²) in [5.41, 5.74) is 5.07. The Balaban J connectivity index is 1.61. The van der Waals surface area contributed by atoms with Crippen LogP contribution in [0.4, 0.5) is 4.39 Å². The Bertz CT molecular complexity index is 1140. The standard InChI is InChI=1S/C24H24FN3O2/c1-14-5-7-18(8-6-14)24(25)12-28(13-24)23(30)20-10-19(15(2)9-16(20)3)22-17(4)21(11-29)26-27-22/h5-11H,12-13H2,1-4H3,(H,26,27). The molecule has 154 valence electrons. The summed E-state index contributed by atoms with van der Waals surface area (Å²) < 4.78 is 15.3. The molecule has 30 heavy (non-hydrogen) atoms. The lowest BCUT2D eigenvalue weighted by Crippen LogP contribution is -2.58. The molecule has 1 saturated heterocycles. The highest BCUT2D eigenvalue weighted by Crippen LogP contribution is 2.38. The van der Waals surface area contributed by atoms with Gasteiger partial charge in [-0.15, -0.1) is 0 Å². The van der Waals surface area contributed by atoms with Crippen molar-refractivity contribution in [3.05, 3.63) is 75.5 Å². The van der Waals surface area contributed by atoms with Gasteiger partial charge in [-0.1, -0.05) is 35.9 Å². The predicted molar refractivity (Wildman–Crippen MR) is 113 cm³/mol. The zero-order valence-corrected chi connectivity index (χ0v) is 17.5. The molecule has 0 radical (unpaired) electrons. The predicted octanol–water partition coefficient (Wildman–Crippen LogP) is 4.44. The number of aromatic amines is 1. The molecular formula is C24H24FN3O2. The van der Waals surface area contributed by atoms with Crippen LogP contribution < -0.4 is 0 Å². The Morgan fingerprint density at radius 3 is 2.37 bits per heavy atom. The van der Waals surface area contributed by atoms with E-state index in [9.17, 15) is 9.59 Å². The molecular weight excluding hydrogens is 381 g/mol. The molecule has 0 spiro atoms. The second-order valence-electron chi connectivity index (χ2n) is 8.20. The minimum Gasteiger partial charge on any atom is -0.331 e. The van der Waals surface area contributed by atoms with E-state index in [2.05, 4.69) is 10.2 Å². The van der Waals surface area contributed by atoms with Gasteiger partial charge in [0, 0.05) is 16.7 Å². The molecule has 3 aromatic rings. The van der Waals surface area contributed by atoms with Crippen molar-refractivity contribution in [1.29, 1.82) is 0 Å². The summed E-state index contributed by atoms with van der Waals surface area (Å²) >= 11 is 0. The van der Waals surface area contributed by atoms with E-state index in [1.165, 1.54) is 4.90 Å². The summed E-state index contributed by atoms with van der Waals surface area (Å²) in [5.74, 6) is -0.196. The van der Waals surface area contributed by atoms with Crippen LogP contribution in [0.3, 0.4) is 0 Å². The third-order valence-corrected chi connectivity index (χ3v) is 5.96. The highest BCUT2D eigenvalue weighted by molar-refractivity contribution is 5.98. The van der Waals surface area contributed by atoms with Gasteiger partial charge >= 0.3 is 0 Å². The second kappa shape index (κ2) is 7.20. The minimum absolute atomic E-state index is 0.0360. The van der Waals surface area contributed by atoms with Gasteiger partial charge in [-0.2, -0.15) is 5.10 Å². The van der Waals surface area contributed by atoms with E-state index < -0.39 is 5.67 Å². The fraction of sp³-hybridized carbons (Fsp3) is 0.292. The van der Waals surface area contributed by atoms with Crippen LogP contribution in [0.25, 0.3) is 11.3 Å². The Labute approximate surface area is 174 Å². The molecule has 0 unspecified atom stereocenters. The number of rotatable bonds is 4. The van der Waals surface area contributed by atoms with E-state index in [1.54, 1.807) is 18.2 Å². The van der Waals surface area contributed by atoms with Crippen LogP contribution in [0.2, 0.25) is 0 Å². The summed E-state index contributed by atoms with van der Waals surface area (Å²) in [6.07, 6.45) is 0.730. The van der Waals surface area contributed by atoms with Gasteiger partial charge in [0.2, 0.25) is 0 Å². The van der Waals surface area contributed by atoms with Gasteiger partial charge in [-0.3, -0.25) is 14.7 Å². The first kappa shape index (κ1) is 20.0. The lowest BCUT2D eigenvalue weighted by molar-refractivity contribution is -0.0231. The van der Waals surface area contributed by atoms with Gasteiger partial charge in [0.15, 0.2) is 12.0 Å². The monoisotopic (exact) mass is 405 g/mol. The molecule has 2 heterocycles. The van der Waals surface area contributed by atoms with E-state index in [-0.39, 0.29) is 19.0 Å². The Kier molecular flexibility index (Phi) is 4.80. The van der Waals surface area contributed by atoms with Crippen molar-refractivity contribution in [3.8, 4) is 11.3 Å². The smallest absolute Gasteiger partial charge is 0.254 e. The molecule has 2 aromatic carbocycles. The molecule has 1 aromatic heterocycles. The number of carbonyl (C=O) groups is 2. The number of hydrogen-bond donors (Lipinski definition) is 1. The lowest BCUT2D eigenvalue weighted by Gasteiger charge is -2.45. The van der Waals surface area contributed by atoms with E-state index >= 15 is 4.39 Å². The van der Waals surface area contributed by atoms with Crippen molar-refractivity contribution < 1.29 is 14.0 Å². The SMILES string of the molecule is Cc1ccc(C2(F)CN(C(=O)c3cc(-c4n[nH]c(C=O)c4C)c(C)cc3C)C2)cc1. The minimum atomic E-state index is -1.51. The molecule has 4 rings (SSSR count). The molecule has 5 nitrogen and oxygen atoms in total. The quantitative estimate of drug-likeness (QED) is 0.653. The third kappa shape index (κ3) is 3.22. The highest BCUT2D eigenvalue weighted by atomic mass is 19.1. The number of H-pyrrole nitrogens is 1. The van der Waals surface area contributed by atoms with Crippen LogP contribution >= 0.6 is 0 Å². The highest BCUT2D eigenvalue weighted by Gasteiger charge is 2.47. The molecule has 6 heteroatoms. The maximum atomic E-state index is 15.3. The van der Waals surface area contributed by atoms with Crippen LogP contribution in [-0.4, -0.2) is 40.4 Å². The molecule has 0 saturated carbocycles. The average molecular weight is 405 g/mol. The number of benzene rings is 2. The topological polar surface area (TPSA) is 66.1 Å². The Morgan fingerprint density at radius 2 is 1.77 bits per heavy atom. The van der Waals surface area contributed by atoms with Crippen LogP contribution in [0.5, 0.6) is 0 Å². The number of aromatic nitrogens is 2. The van der Waals surface area contributed by atoms with Crippen molar-refractivity contribution >= 4 is 12.2 Å². The van der Waals surface area contributed by atoms with Gasteiger partial charge in [-0.25, -0.2) is 4.39 Å². The molecule has 0 bridgehead atoms. The summed E-state index contributed by atoms with van der Waals surface area (Å²) in [4.78, 5) is 25.8. The Morgan fingerprint density at radius 1 is 1.10 bits per heavy atom. The van der Waals surface area contributed by atoms with Gasteiger partial charge in [0.05, 0.1) is 18.8 Å². The van der Waals surface area contributed by atoms with Crippen LogP contribution in [0.15, 0.2) is 36.4 Å². The summed E-state index contributed by atoms with van der Waals surface area (Å²) in [6.45, 7) is 7.67. The van der Waals surface area contributed by atoms with Gasteiger partial charge in [0.1, 0.15) is 5.69 Å². The van der Waals surface area contributed by atoms with Crippen LogP contribution in [0.1, 0.15) is 48.7 Å². The number of nitrogens with zero attached hydrogens (tertiary/aromatic N) is 2. The summed E-state index contributed by atoms with van der Waals surface area (Å²) in [6, 6.07) is 11.1. The van der Waals surface area contributed by atoms with Crippen molar-refractivity contribution in [2.24, 2.45) is 0 Å². The molecule has 0 aliphatic carbocycles. The van der Waals surface area contributed by atoms with Crippen LogP contribution in [0, 0.1) is 27.7 Å². The van der Waals surface area contributed by atoms with Crippen molar-refractivity contribution in [1.82, 2.24) is 15.1 Å². The van der Waals surface area contributed by atoms with Crippen molar-refractivity contribution in [2.75, 3.05) is 13.1 Å². The van der Waals surface area contributed by atoms with Gasteiger partial charge in [-0.05, 0) is 50.5 Å². The molecule has 1 amide bonds. The van der Waals surface area contributed by atoms with E-state index in [1.807, 2.05) is 45.9 Å². The molecule has 1 aliphatic heterocycles. The van der Waals surface area contributed by atoms with Crippen molar-refractivity contribution in [3.63, 3.8) is 0 Å². The zero-order valence-electron chi connectivity index (χ0n) is 17.5. The van der Waals surface area contributed by atoms with Gasteiger partial charge in [0.25, 0.3) is 5.91 Å². The van der Waals surface area contributed by atoms with Crippen molar-refractivity contribution in [2.45, 2.75) is 33.4 Å². The lowest BCUT2D eigenvalue weighted by atomic mass is 9.86. The number of halogens is 1. The van der Waals surface area contributed by atoms with E-state index in [4.69, 9.17) is 0 Å². The number of aldehydes is 1. The van der Waals surface area contributed by atoms with Crippen LogP contribution in [-0.2, 0) is 5.67 Å². The fourth-order valence-corrected chi connectivity index (χ4v) is 4.03. The number of nitrogens with one attached hydrogen (secondary N) is 1. The molecule has 1 aliphatic rings. The van der Waals surface area contributed by atoms with Gasteiger partial charge < -0.3 is 4.90 Å². The summed E-state index contributed by atoms with van der Waals surface area (Å²) in [7, 11) is 0. The average Bonchev–Trinajstić information content (AvgIpc) is 3.06. The molecule has 0 atom stereocenters. The first-order valence-electron chi connectivity index (χ1n) is 9.90. The zero-order chi connectivity index (χ0) is 21.6. The maximum Gasteiger partial charge on any atom is 0.254 e. The first-order chi connectivity index (χ1) is 14.2. The van der Waals surface area contributed by atoms with E-state index in [0.29, 0.717) is 22.5 Å². The number of carbonyl (C=O) groups excluding carboxylic acids is 2.